The highest BCUT2D eigenvalue weighted by atomic mass is 16.2. The zero-order valence-corrected chi connectivity index (χ0v) is 12.4. The van der Waals surface area contributed by atoms with Crippen LogP contribution in [0.3, 0.4) is 0 Å². The number of nitrogens with zero attached hydrogens (tertiary/aromatic N) is 3. The number of hydrogen-bond acceptors (Lipinski definition) is 2. The van der Waals surface area contributed by atoms with Gasteiger partial charge >= 0.3 is 0 Å². The molecule has 0 bridgehead atoms. The molecule has 0 N–H and O–H groups in total. The molecule has 0 aliphatic carbocycles. The van der Waals surface area contributed by atoms with Gasteiger partial charge < -0.3 is 9.30 Å². The molecule has 1 amide bonds. The SMILES string of the molecule is CN(Cc1ccccc1)C(=O)/C=C/c1cnc2ccccn12. The fraction of sp³-hybridized carbons (Fsp3) is 0.111. The summed E-state index contributed by atoms with van der Waals surface area (Å²) in [5.41, 5.74) is 2.87. The van der Waals surface area contributed by atoms with Crippen molar-refractivity contribution in [3.05, 3.63) is 78.3 Å². The Labute approximate surface area is 129 Å². The highest BCUT2D eigenvalue weighted by molar-refractivity contribution is 5.91. The van der Waals surface area contributed by atoms with Crippen LogP contribution in [-0.4, -0.2) is 27.2 Å². The highest BCUT2D eigenvalue weighted by Crippen LogP contribution is 2.08. The number of imidazole rings is 1. The zero-order valence-electron chi connectivity index (χ0n) is 12.4. The summed E-state index contributed by atoms with van der Waals surface area (Å²) in [6.45, 7) is 0.594. The van der Waals surface area contributed by atoms with Gasteiger partial charge in [0.1, 0.15) is 5.65 Å². The Morgan fingerprint density at radius 3 is 2.77 bits per heavy atom. The summed E-state index contributed by atoms with van der Waals surface area (Å²) in [4.78, 5) is 18.2. The van der Waals surface area contributed by atoms with Crippen LogP contribution in [0, 0.1) is 0 Å². The van der Waals surface area contributed by atoms with Crippen LogP contribution in [0.4, 0.5) is 0 Å². The molecule has 0 saturated heterocycles. The van der Waals surface area contributed by atoms with E-state index in [9.17, 15) is 4.79 Å². The molecule has 4 nitrogen and oxygen atoms in total. The number of aromatic nitrogens is 2. The van der Waals surface area contributed by atoms with Gasteiger partial charge in [-0.15, -0.1) is 0 Å². The predicted molar refractivity (Wildman–Crippen MR) is 87.1 cm³/mol. The summed E-state index contributed by atoms with van der Waals surface area (Å²) in [5, 5.41) is 0. The summed E-state index contributed by atoms with van der Waals surface area (Å²) >= 11 is 0. The molecular formula is C18H17N3O. The average molecular weight is 291 g/mol. The number of pyridine rings is 1. The molecule has 3 aromatic rings. The van der Waals surface area contributed by atoms with Gasteiger partial charge in [-0.1, -0.05) is 36.4 Å². The molecule has 2 heterocycles. The zero-order chi connectivity index (χ0) is 15.4. The number of amides is 1. The summed E-state index contributed by atoms with van der Waals surface area (Å²) in [6.07, 6.45) is 7.07. The van der Waals surface area contributed by atoms with Crippen molar-refractivity contribution in [1.82, 2.24) is 14.3 Å². The van der Waals surface area contributed by atoms with E-state index in [0.29, 0.717) is 6.54 Å². The molecule has 110 valence electrons. The van der Waals surface area contributed by atoms with E-state index < -0.39 is 0 Å². The standard InChI is InChI=1S/C18H17N3O/c1-20(14-15-7-3-2-4-8-15)18(22)11-10-16-13-19-17-9-5-6-12-21(16)17/h2-13H,14H2,1H3/b11-10+. The lowest BCUT2D eigenvalue weighted by Gasteiger charge is -2.14. The first-order valence-corrected chi connectivity index (χ1v) is 7.13. The lowest BCUT2D eigenvalue weighted by Crippen LogP contribution is -2.24. The summed E-state index contributed by atoms with van der Waals surface area (Å²) < 4.78 is 1.95. The average Bonchev–Trinajstić information content (AvgIpc) is 2.97. The third kappa shape index (κ3) is 3.06. The fourth-order valence-electron chi connectivity index (χ4n) is 2.29. The molecule has 22 heavy (non-hydrogen) atoms. The molecule has 0 atom stereocenters. The number of rotatable bonds is 4. The molecule has 0 unspecified atom stereocenters. The highest BCUT2D eigenvalue weighted by Gasteiger charge is 2.06. The van der Waals surface area contributed by atoms with Crippen molar-refractivity contribution >= 4 is 17.6 Å². The maximum atomic E-state index is 12.2. The van der Waals surface area contributed by atoms with E-state index in [1.807, 2.05) is 59.1 Å². The molecule has 0 radical (unpaired) electrons. The monoisotopic (exact) mass is 291 g/mol. The summed E-state index contributed by atoms with van der Waals surface area (Å²) in [5.74, 6) is -0.0327. The minimum atomic E-state index is -0.0327. The second-order valence-corrected chi connectivity index (χ2v) is 5.13. The number of benzene rings is 1. The van der Waals surface area contributed by atoms with Gasteiger partial charge in [0.25, 0.3) is 0 Å². The number of likely N-dealkylation sites (N-methyl/N-ethyl adjacent to an activating group) is 1. The van der Waals surface area contributed by atoms with E-state index in [2.05, 4.69) is 4.98 Å². The van der Waals surface area contributed by atoms with Crippen LogP contribution in [-0.2, 0) is 11.3 Å². The molecule has 0 spiro atoms. The van der Waals surface area contributed by atoms with E-state index in [4.69, 9.17) is 0 Å². The Bertz CT molecular complexity index is 805. The first-order valence-electron chi connectivity index (χ1n) is 7.13. The van der Waals surface area contributed by atoms with Crippen LogP contribution in [0.15, 0.2) is 67.0 Å². The lowest BCUT2D eigenvalue weighted by molar-refractivity contribution is -0.125. The molecule has 1 aromatic carbocycles. The van der Waals surface area contributed by atoms with E-state index in [0.717, 1.165) is 16.9 Å². The fourth-order valence-corrected chi connectivity index (χ4v) is 2.29. The first kappa shape index (κ1) is 14.1. The van der Waals surface area contributed by atoms with Crippen LogP contribution in [0.2, 0.25) is 0 Å². The Morgan fingerprint density at radius 2 is 1.95 bits per heavy atom. The van der Waals surface area contributed by atoms with E-state index in [1.54, 1.807) is 30.3 Å². The molecule has 2 aromatic heterocycles. The molecule has 0 fully saturated rings. The minimum Gasteiger partial charge on any atom is -0.338 e. The molecule has 0 aliphatic rings. The van der Waals surface area contributed by atoms with Gasteiger partial charge in [0.2, 0.25) is 5.91 Å². The van der Waals surface area contributed by atoms with Crippen LogP contribution in [0.25, 0.3) is 11.7 Å². The molecule has 3 rings (SSSR count). The Balaban J connectivity index is 1.70. The second kappa shape index (κ2) is 6.26. The van der Waals surface area contributed by atoms with Crippen molar-refractivity contribution in [1.29, 1.82) is 0 Å². The normalized spacial score (nSPS) is 11.1. The first-order chi connectivity index (χ1) is 10.7. The van der Waals surface area contributed by atoms with Gasteiger partial charge in [0.15, 0.2) is 0 Å². The van der Waals surface area contributed by atoms with Crippen molar-refractivity contribution in [2.45, 2.75) is 6.54 Å². The third-order valence-electron chi connectivity index (χ3n) is 3.48. The van der Waals surface area contributed by atoms with Gasteiger partial charge in [-0.2, -0.15) is 0 Å². The number of carbonyl (C=O) groups is 1. The largest absolute Gasteiger partial charge is 0.338 e. The third-order valence-corrected chi connectivity index (χ3v) is 3.48. The van der Waals surface area contributed by atoms with Crippen LogP contribution >= 0.6 is 0 Å². The number of hydrogen-bond donors (Lipinski definition) is 0. The van der Waals surface area contributed by atoms with Gasteiger partial charge in [-0.25, -0.2) is 4.98 Å². The number of carbonyl (C=O) groups excluding carboxylic acids is 1. The maximum absolute atomic E-state index is 12.2. The van der Waals surface area contributed by atoms with Crippen LogP contribution in [0.1, 0.15) is 11.3 Å². The van der Waals surface area contributed by atoms with Crippen LogP contribution in [0.5, 0.6) is 0 Å². The Hall–Kier alpha value is -2.88. The second-order valence-electron chi connectivity index (χ2n) is 5.13. The Kier molecular flexibility index (Phi) is 4.01. The summed E-state index contributed by atoms with van der Waals surface area (Å²) in [7, 11) is 1.80. The topological polar surface area (TPSA) is 37.6 Å². The predicted octanol–water partition coefficient (Wildman–Crippen LogP) is 3.01. The molecule has 4 heteroatoms. The van der Waals surface area contributed by atoms with E-state index in [1.165, 1.54) is 0 Å². The van der Waals surface area contributed by atoms with Crippen molar-refractivity contribution < 1.29 is 4.79 Å². The van der Waals surface area contributed by atoms with E-state index >= 15 is 0 Å². The van der Waals surface area contributed by atoms with E-state index in [-0.39, 0.29) is 5.91 Å². The van der Waals surface area contributed by atoms with Crippen molar-refractivity contribution in [2.24, 2.45) is 0 Å². The van der Waals surface area contributed by atoms with Crippen molar-refractivity contribution in [3.63, 3.8) is 0 Å². The van der Waals surface area contributed by atoms with Crippen molar-refractivity contribution in [3.8, 4) is 0 Å². The summed E-state index contributed by atoms with van der Waals surface area (Å²) in [6, 6.07) is 15.8. The van der Waals surface area contributed by atoms with Crippen LogP contribution < -0.4 is 0 Å². The Morgan fingerprint density at radius 1 is 1.18 bits per heavy atom. The minimum absolute atomic E-state index is 0.0327. The van der Waals surface area contributed by atoms with Gasteiger partial charge in [-0.3, -0.25) is 4.79 Å². The van der Waals surface area contributed by atoms with Gasteiger partial charge in [0.05, 0.1) is 11.9 Å². The maximum Gasteiger partial charge on any atom is 0.246 e. The molecule has 0 aliphatic heterocycles. The van der Waals surface area contributed by atoms with Gasteiger partial charge in [0, 0.05) is 25.9 Å². The number of fused-ring (bicyclic) bond motifs is 1. The van der Waals surface area contributed by atoms with Crippen molar-refractivity contribution in [2.75, 3.05) is 7.05 Å². The van der Waals surface area contributed by atoms with Gasteiger partial charge in [-0.05, 0) is 23.8 Å². The smallest absolute Gasteiger partial charge is 0.246 e. The molecule has 0 saturated carbocycles. The molecular weight excluding hydrogens is 274 g/mol. The quantitative estimate of drug-likeness (QED) is 0.693. The lowest BCUT2D eigenvalue weighted by atomic mass is 10.2.